The Labute approximate surface area is 512 Å². The van der Waals surface area contributed by atoms with Crippen molar-refractivity contribution in [3.8, 4) is 11.5 Å². The number of carbonyl (C=O) groups excluding carboxylic acids is 12. The van der Waals surface area contributed by atoms with Crippen LogP contribution in [0.2, 0.25) is 0 Å². The molecule has 480 valence electrons. The zero-order valence-electron chi connectivity index (χ0n) is 49.3. The number of hydrogen-bond acceptors (Lipinski definition) is 17. The minimum absolute atomic E-state index is 0.000852. The first-order valence-electron chi connectivity index (χ1n) is 28.2. The summed E-state index contributed by atoms with van der Waals surface area (Å²) >= 11 is 2.19. The van der Waals surface area contributed by atoms with E-state index >= 15 is 0 Å². The van der Waals surface area contributed by atoms with Gasteiger partial charge < -0.3 is 74.3 Å². The molecule has 0 aromatic heterocycles. The third-order valence-corrected chi connectivity index (χ3v) is 16.1. The average molecular weight is 1280 g/mol. The molecule has 0 bridgehead atoms. The quantitative estimate of drug-likeness (QED) is 0.0862. The van der Waals surface area contributed by atoms with Crippen LogP contribution in [-0.2, 0) is 74.9 Å². The van der Waals surface area contributed by atoms with Gasteiger partial charge in [-0.2, -0.15) is 11.8 Å². The summed E-state index contributed by atoms with van der Waals surface area (Å²) in [5.74, 6) is -12.5. The van der Waals surface area contributed by atoms with Gasteiger partial charge in [0.2, 0.25) is 70.9 Å². The largest absolute Gasteiger partial charge is 0.524 e. The van der Waals surface area contributed by atoms with Crippen LogP contribution in [0.4, 0.5) is 0 Å². The van der Waals surface area contributed by atoms with E-state index in [4.69, 9.17) is 11.5 Å². The summed E-state index contributed by atoms with van der Waals surface area (Å²) in [6, 6.07) is -0.683. The Morgan fingerprint density at radius 2 is 1.23 bits per heavy atom. The van der Waals surface area contributed by atoms with E-state index in [1.54, 1.807) is 34.0 Å². The topological polar surface area (TPSA) is 464 Å². The van der Waals surface area contributed by atoms with E-state index in [-0.39, 0.29) is 67.4 Å². The molecule has 2 aliphatic rings. The molecule has 1 saturated heterocycles. The predicted octanol–water partition coefficient (Wildman–Crippen LogP) is -1.95. The molecule has 2 aromatic carbocycles. The molecule has 1 heterocycles. The number of thioether (sulfide) groups is 2. The summed E-state index contributed by atoms with van der Waals surface area (Å²) in [4.78, 5) is 185. The van der Waals surface area contributed by atoms with Crippen LogP contribution in [0.15, 0.2) is 48.5 Å². The maximum absolute atomic E-state index is 14.8. The van der Waals surface area contributed by atoms with Crippen LogP contribution in [0.25, 0.3) is 0 Å². The van der Waals surface area contributed by atoms with E-state index in [9.17, 15) is 77.0 Å². The smallest absolute Gasteiger partial charge is 0.508 e. The molecule has 1 aliphatic heterocycles. The molecular formula is C55H81N12O17PS2. The summed E-state index contributed by atoms with van der Waals surface area (Å²) in [6.45, 7) is 7.23. The van der Waals surface area contributed by atoms with Gasteiger partial charge in [0.25, 0.3) is 0 Å². The van der Waals surface area contributed by atoms with Crippen molar-refractivity contribution in [1.82, 2.24) is 53.2 Å². The average Bonchev–Trinajstić information content (AvgIpc) is 2.45. The summed E-state index contributed by atoms with van der Waals surface area (Å²) in [6.07, 6.45) is 1.85. The molecule has 0 radical (unpaired) electrons. The maximum atomic E-state index is 14.8. The minimum atomic E-state index is -4.98. The molecule has 1 aliphatic carbocycles. The number of benzene rings is 2. The van der Waals surface area contributed by atoms with E-state index in [2.05, 4.69) is 57.7 Å². The lowest BCUT2D eigenvalue weighted by Gasteiger charge is -2.39. The number of aromatic hydroxyl groups is 1. The second-order valence-corrected chi connectivity index (χ2v) is 25.2. The Hall–Kier alpha value is -7.47. The Morgan fingerprint density at radius 1 is 0.678 bits per heavy atom. The van der Waals surface area contributed by atoms with Gasteiger partial charge in [0.05, 0.1) is 18.7 Å². The van der Waals surface area contributed by atoms with Crippen molar-refractivity contribution < 1.29 is 81.5 Å². The Morgan fingerprint density at radius 3 is 1.78 bits per heavy atom. The normalized spacial score (nSPS) is 24.3. The van der Waals surface area contributed by atoms with E-state index < -0.39 is 151 Å². The van der Waals surface area contributed by atoms with Crippen molar-refractivity contribution in [3.05, 3.63) is 59.7 Å². The summed E-state index contributed by atoms with van der Waals surface area (Å²) in [5, 5.41) is 35.7. The lowest BCUT2D eigenvalue weighted by Crippen LogP contribution is -2.66. The molecule has 29 nitrogen and oxygen atoms in total. The minimum Gasteiger partial charge on any atom is -0.508 e. The predicted molar refractivity (Wildman–Crippen MR) is 320 cm³/mol. The number of nitrogens with one attached hydrogen (secondary N) is 10. The van der Waals surface area contributed by atoms with Crippen LogP contribution < -0.4 is 69.2 Å². The standard InChI is InChI=1S/C55H81N12O17PS2/c1-29(2)22-37-49(75)63-39(24-33-12-16-35(17-13-33)84-85(81,82)83)52(78)67-55(19-8-7-9-20-55)54(80)65-40(25-42(56)69)51(77)66-45(30(3)4)53(79)58-26-43(70)60-36(18-21-86-6)48(74)62-38(23-32-10-14-34(68)15-11-32)50(76)64-41(46(57)72)27-87-28-44(71)59-31(5)47(73)61-37/h10-17,29-31,36-41,45,68H,7-9,18-28H2,1-6H3,(H2,56,69)(H2,57,72)(H,58,79)(H,59,71)(H,60,70)(H,61,73)(H,62,74)(H,63,75)(H,64,76)(H,65,80)(H,66,77)(H,67,78)(H2,81,82,83)/t31-,36-,37-,38-,39-,40-,41-,45-/m0/s1. The van der Waals surface area contributed by atoms with Crippen molar-refractivity contribution in [1.29, 1.82) is 0 Å². The zero-order chi connectivity index (χ0) is 64.8. The molecule has 17 N–H and O–H groups in total. The van der Waals surface area contributed by atoms with Crippen LogP contribution in [0, 0.1) is 11.8 Å². The van der Waals surface area contributed by atoms with Crippen LogP contribution in [0.5, 0.6) is 11.5 Å². The van der Waals surface area contributed by atoms with Gasteiger partial charge in [-0.05, 0) is 91.8 Å². The number of hydrogen-bond donors (Lipinski definition) is 15. The van der Waals surface area contributed by atoms with Crippen molar-refractivity contribution in [2.75, 3.05) is 30.1 Å². The number of primary amides is 2. The first-order valence-corrected chi connectivity index (χ1v) is 32.2. The van der Waals surface area contributed by atoms with Gasteiger partial charge in [0.15, 0.2) is 0 Å². The molecule has 4 rings (SSSR count). The molecule has 32 heteroatoms. The maximum Gasteiger partial charge on any atom is 0.524 e. The number of nitrogens with two attached hydrogens (primary N) is 2. The summed E-state index contributed by atoms with van der Waals surface area (Å²) < 4.78 is 16.2. The number of carbonyl (C=O) groups is 12. The second kappa shape index (κ2) is 34.2. The molecule has 2 aromatic rings. The Balaban J connectivity index is 1.77. The highest BCUT2D eigenvalue weighted by Crippen LogP contribution is 2.37. The Bertz CT molecular complexity index is 2840. The lowest BCUT2D eigenvalue weighted by atomic mass is 9.80. The van der Waals surface area contributed by atoms with E-state index in [0.29, 0.717) is 36.1 Å². The fourth-order valence-corrected chi connectivity index (χ4v) is 11.1. The Kier molecular flexibility index (Phi) is 28.3. The molecule has 12 amide bonds. The number of phenols is 1. The first-order chi connectivity index (χ1) is 40.9. The third-order valence-electron chi connectivity index (χ3n) is 14.0. The van der Waals surface area contributed by atoms with Gasteiger partial charge in [0, 0.05) is 18.6 Å². The van der Waals surface area contributed by atoms with Crippen LogP contribution in [0.3, 0.4) is 0 Å². The van der Waals surface area contributed by atoms with Crippen LogP contribution in [0.1, 0.15) is 97.1 Å². The van der Waals surface area contributed by atoms with E-state index in [1.807, 2.05) is 0 Å². The number of phenolic OH excluding ortho intramolecular Hbond substituents is 1. The van der Waals surface area contributed by atoms with Crippen molar-refractivity contribution in [3.63, 3.8) is 0 Å². The van der Waals surface area contributed by atoms with E-state index in [1.165, 1.54) is 67.2 Å². The molecule has 8 atom stereocenters. The molecular weight excluding hydrogens is 1200 g/mol. The highest BCUT2D eigenvalue weighted by molar-refractivity contribution is 8.00. The van der Waals surface area contributed by atoms with E-state index in [0.717, 1.165) is 11.8 Å². The zero-order valence-corrected chi connectivity index (χ0v) is 51.8. The van der Waals surface area contributed by atoms with Gasteiger partial charge in [-0.1, -0.05) is 71.2 Å². The highest BCUT2D eigenvalue weighted by Gasteiger charge is 2.45. The summed E-state index contributed by atoms with van der Waals surface area (Å²) in [5.41, 5.74) is 10.3. The van der Waals surface area contributed by atoms with Crippen molar-refractivity contribution in [2.45, 2.75) is 153 Å². The van der Waals surface area contributed by atoms with Gasteiger partial charge in [-0.15, -0.1) is 11.8 Å². The highest BCUT2D eigenvalue weighted by atomic mass is 32.2. The van der Waals surface area contributed by atoms with Gasteiger partial charge in [-0.3, -0.25) is 67.3 Å². The molecule has 2 fully saturated rings. The number of rotatable bonds is 15. The molecule has 1 spiro atoms. The van der Waals surface area contributed by atoms with Gasteiger partial charge in [-0.25, -0.2) is 4.57 Å². The van der Waals surface area contributed by atoms with Crippen LogP contribution >= 0.6 is 31.3 Å². The number of phosphoric acid groups is 1. The van der Waals surface area contributed by atoms with Gasteiger partial charge >= 0.3 is 7.82 Å². The fraction of sp³-hybridized carbons (Fsp3) is 0.564. The van der Waals surface area contributed by atoms with Crippen molar-refractivity contribution >= 4 is 102 Å². The molecule has 87 heavy (non-hydrogen) atoms. The van der Waals surface area contributed by atoms with Gasteiger partial charge in [0.1, 0.15) is 65.4 Å². The van der Waals surface area contributed by atoms with Crippen molar-refractivity contribution in [2.24, 2.45) is 23.3 Å². The summed E-state index contributed by atoms with van der Waals surface area (Å²) in [7, 11) is -4.98. The SMILES string of the molecule is CSCC[C@@H]1NC(=O)CNC(=O)[C@H](C(C)C)NC(=O)[C@H](CC(N)=O)NC(=O)C2(CCCCC2)NC(=O)[C@H](Cc2ccc(OP(=O)(O)O)cc2)NC(=O)[C@H](CC(C)C)NC(=O)[C@H](C)NC(=O)CSC[C@@H](C(N)=O)NC(=O)[C@H](Cc2ccc(O)cc2)NC1=O. The second-order valence-electron chi connectivity index (χ2n) is 22.1. The first kappa shape index (κ1) is 72.0. The van der Waals surface area contributed by atoms with Crippen LogP contribution in [-0.4, -0.2) is 170 Å². The number of phosphoric ester groups is 1. The number of amides is 12. The monoisotopic (exact) mass is 1280 g/mol. The molecule has 0 unspecified atom stereocenters. The fourth-order valence-electron chi connectivity index (χ4n) is 9.39. The third kappa shape index (κ3) is 24.3. The lowest BCUT2D eigenvalue weighted by molar-refractivity contribution is -0.140. The molecule has 1 saturated carbocycles.